The molecule has 0 aromatic carbocycles. The van der Waals surface area contributed by atoms with Crippen LogP contribution >= 0.6 is 11.8 Å². The van der Waals surface area contributed by atoms with Gasteiger partial charge in [0.1, 0.15) is 0 Å². The zero-order valence-corrected chi connectivity index (χ0v) is 7.14. The number of halogens is 1. The van der Waals surface area contributed by atoms with E-state index >= 15 is 0 Å². The maximum absolute atomic E-state index is 9.99. The summed E-state index contributed by atoms with van der Waals surface area (Å²) in [5, 5.41) is 9.99. The lowest BCUT2D eigenvalue weighted by Gasteiger charge is -2.31. The van der Waals surface area contributed by atoms with Crippen LogP contribution in [-0.4, -0.2) is 41.8 Å². The molecule has 2 aliphatic heterocycles. The summed E-state index contributed by atoms with van der Waals surface area (Å²) in [5.41, 5.74) is -0.556. The first kappa shape index (κ1) is 7.80. The van der Waals surface area contributed by atoms with Crippen LogP contribution in [0.1, 0.15) is 6.42 Å². The van der Waals surface area contributed by atoms with Crippen LogP contribution in [-0.2, 0) is 0 Å². The molecule has 0 aromatic heterocycles. The maximum Gasteiger partial charge on any atom is 0.0951 e. The molecule has 0 radical (unpaired) electrons. The van der Waals surface area contributed by atoms with Crippen molar-refractivity contribution in [3.63, 3.8) is 0 Å². The van der Waals surface area contributed by atoms with Crippen molar-refractivity contribution in [2.45, 2.75) is 12.0 Å². The van der Waals surface area contributed by atoms with E-state index < -0.39 is 5.60 Å². The maximum atomic E-state index is 9.99. The van der Waals surface area contributed by atoms with E-state index in [9.17, 15) is 5.11 Å². The quantitative estimate of drug-likeness (QED) is 0.572. The SMILES string of the molecule is OC1(CNCl)CN2CCC1C2. The van der Waals surface area contributed by atoms with Crippen molar-refractivity contribution in [2.75, 3.05) is 26.2 Å². The first-order chi connectivity index (χ1) is 5.24. The smallest absolute Gasteiger partial charge is 0.0951 e. The van der Waals surface area contributed by atoms with Gasteiger partial charge in [0, 0.05) is 25.6 Å². The molecule has 3 atom stereocenters. The van der Waals surface area contributed by atoms with Crippen LogP contribution < -0.4 is 4.84 Å². The minimum Gasteiger partial charge on any atom is -0.387 e. The second-order valence-electron chi connectivity index (χ2n) is 3.63. The summed E-state index contributed by atoms with van der Waals surface area (Å²) < 4.78 is 0. The zero-order valence-electron chi connectivity index (χ0n) is 6.39. The zero-order chi connectivity index (χ0) is 7.90. The van der Waals surface area contributed by atoms with Crippen molar-refractivity contribution < 1.29 is 5.11 Å². The second kappa shape index (κ2) is 2.59. The summed E-state index contributed by atoms with van der Waals surface area (Å²) >= 11 is 5.38. The molecule has 2 rings (SSSR count). The Kier molecular flexibility index (Phi) is 1.84. The molecular weight excluding hydrogens is 164 g/mol. The van der Waals surface area contributed by atoms with Crippen molar-refractivity contribution in [3.05, 3.63) is 0 Å². The monoisotopic (exact) mass is 176 g/mol. The van der Waals surface area contributed by atoms with E-state index in [-0.39, 0.29) is 0 Å². The van der Waals surface area contributed by atoms with Crippen LogP contribution in [0.4, 0.5) is 0 Å². The van der Waals surface area contributed by atoms with Gasteiger partial charge in [0.15, 0.2) is 0 Å². The molecule has 3 unspecified atom stereocenters. The first-order valence-corrected chi connectivity index (χ1v) is 4.41. The number of fused-ring (bicyclic) bond motifs is 2. The van der Waals surface area contributed by atoms with Crippen LogP contribution in [0.2, 0.25) is 0 Å². The molecule has 0 amide bonds. The predicted molar refractivity (Wildman–Crippen MR) is 43.4 cm³/mol. The number of piperidine rings is 1. The van der Waals surface area contributed by atoms with Gasteiger partial charge in [-0.1, -0.05) is 0 Å². The highest BCUT2D eigenvalue weighted by molar-refractivity contribution is 6.13. The average Bonchev–Trinajstić information content (AvgIpc) is 2.45. The minimum absolute atomic E-state index is 0.439. The Hall–Kier alpha value is 0.170. The Balaban J connectivity index is 2.04. The van der Waals surface area contributed by atoms with Gasteiger partial charge in [-0.15, -0.1) is 0 Å². The topological polar surface area (TPSA) is 35.5 Å². The largest absolute Gasteiger partial charge is 0.387 e. The molecule has 64 valence electrons. The fourth-order valence-corrected chi connectivity index (χ4v) is 2.48. The molecule has 0 aromatic rings. The summed E-state index contributed by atoms with van der Waals surface area (Å²) in [7, 11) is 0. The number of nitrogens with zero attached hydrogens (tertiary/aromatic N) is 1. The van der Waals surface area contributed by atoms with Gasteiger partial charge in [0.05, 0.1) is 5.60 Å². The van der Waals surface area contributed by atoms with E-state index in [0.717, 1.165) is 26.1 Å². The normalized spacial score (nSPS) is 48.5. The van der Waals surface area contributed by atoms with E-state index in [4.69, 9.17) is 11.8 Å². The number of nitrogens with one attached hydrogen (secondary N) is 1. The van der Waals surface area contributed by atoms with Gasteiger partial charge in [-0.25, -0.2) is 4.84 Å². The molecule has 0 spiro atoms. The Bertz CT molecular complexity index is 167. The van der Waals surface area contributed by atoms with E-state index in [2.05, 4.69) is 9.74 Å². The van der Waals surface area contributed by atoms with Crippen LogP contribution in [0.5, 0.6) is 0 Å². The lowest BCUT2D eigenvalue weighted by Crippen LogP contribution is -2.48. The minimum atomic E-state index is -0.556. The third-order valence-electron chi connectivity index (χ3n) is 2.90. The van der Waals surface area contributed by atoms with Crippen LogP contribution in [0.15, 0.2) is 0 Å². The molecule has 3 nitrogen and oxygen atoms in total. The van der Waals surface area contributed by atoms with Gasteiger partial charge in [0.25, 0.3) is 0 Å². The van der Waals surface area contributed by atoms with Gasteiger partial charge in [-0.3, -0.25) is 0 Å². The third kappa shape index (κ3) is 1.16. The van der Waals surface area contributed by atoms with Crippen molar-refractivity contribution in [1.29, 1.82) is 0 Å². The molecule has 11 heavy (non-hydrogen) atoms. The molecule has 2 heterocycles. The molecule has 2 fully saturated rings. The first-order valence-electron chi connectivity index (χ1n) is 4.03. The molecular formula is C7H13ClN2O. The molecule has 2 saturated heterocycles. The lowest BCUT2D eigenvalue weighted by atomic mass is 9.88. The number of aliphatic hydroxyl groups is 1. The number of rotatable bonds is 2. The van der Waals surface area contributed by atoms with Crippen LogP contribution in [0.3, 0.4) is 0 Å². The molecule has 2 N–H and O–H groups in total. The summed E-state index contributed by atoms with van der Waals surface area (Å²) in [6, 6.07) is 0. The van der Waals surface area contributed by atoms with Gasteiger partial charge < -0.3 is 10.0 Å². The van der Waals surface area contributed by atoms with E-state index in [1.165, 1.54) is 0 Å². The molecule has 2 bridgehead atoms. The lowest BCUT2D eigenvalue weighted by molar-refractivity contribution is 0.000495. The average molecular weight is 177 g/mol. The van der Waals surface area contributed by atoms with Crippen LogP contribution in [0, 0.1) is 5.92 Å². The fraction of sp³-hybridized carbons (Fsp3) is 1.00. The predicted octanol–water partition coefficient (Wildman–Crippen LogP) is -0.204. The highest BCUT2D eigenvalue weighted by Crippen LogP contribution is 2.35. The van der Waals surface area contributed by atoms with Crippen molar-refractivity contribution in [2.24, 2.45) is 5.92 Å². The Morgan fingerprint density at radius 3 is 3.00 bits per heavy atom. The highest BCUT2D eigenvalue weighted by Gasteiger charge is 2.48. The van der Waals surface area contributed by atoms with Crippen molar-refractivity contribution >= 4 is 11.8 Å². The summed E-state index contributed by atoms with van der Waals surface area (Å²) in [6.45, 7) is 3.50. The Labute approximate surface area is 71.4 Å². The fourth-order valence-electron chi connectivity index (χ4n) is 2.25. The second-order valence-corrected chi connectivity index (χ2v) is 3.90. The Morgan fingerprint density at radius 2 is 2.55 bits per heavy atom. The summed E-state index contributed by atoms with van der Waals surface area (Å²) in [4.78, 5) is 4.82. The van der Waals surface area contributed by atoms with Gasteiger partial charge in [-0.05, 0) is 24.7 Å². The van der Waals surface area contributed by atoms with E-state index in [0.29, 0.717) is 12.5 Å². The summed E-state index contributed by atoms with van der Waals surface area (Å²) in [6.07, 6.45) is 1.12. The van der Waals surface area contributed by atoms with Crippen molar-refractivity contribution in [3.8, 4) is 0 Å². The molecule has 0 saturated carbocycles. The number of hydrogen-bond acceptors (Lipinski definition) is 3. The van der Waals surface area contributed by atoms with Gasteiger partial charge >= 0.3 is 0 Å². The molecule has 0 aliphatic carbocycles. The van der Waals surface area contributed by atoms with Crippen LogP contribution in [0.25, 0.3) is 0 Å². The van der Waals surface area contributed by atoms with Gasteiger partial charge in [-0.2, -0.15) is 0 Å². The summed E-state index contributed by atoms with van der Waals surface area (Å²) in [5.74, 6) is 0.439. The number of hydrogen-bond donors (Lipinski definition) is 2. The van der Waals surface area contributed by atoms with Gasteiger partial charge in [0.2, 0.25) is 0 Å². The third-order valence-corrected chi connectivity index (χ3v) is 3.04. The van der Waals surface area contributed by atoms with E-state index in [1.807, 2.05) is 0 Å². The van der Waals surface area contributed by atoms with E-state index in [1.54, 1.807) is 0 Å². The van der Waals surface area contributed by atoms with Crippen molar-refractivity contribution in [1.82, 2.24) is 9.74 Å². The Morgan fingerprint density at radius 1 is 1.73 bits per heavy atom. The standard InChI is InChI=1S/C7H13ClN2O/c8-9-4-7(11)5-10-2-1-6(7)3-10/h6,9,11H,1-5H2. The highest BCUT2D eigenvalue weighted by atomic mass is 35.5. The molecule has 2 aliphatic rings. The molecule has 4 heteroatoms.